The van der Waals surface area contributed by atoms with Gasteiger partial charge in [0, 0.05) is 36.1 Å². The van der Waals surface area contributed by atoms with E-state index in [1.807, 2.05) is 48.2 Å². The van der Waals surface area contributed by atoms with Gasteiger partial charge in [-0.15, -0.1) is 0 Å². The minimum atomic E-state index is -0.215. The smallest absolute Gasteiger partial charge is 0.319 e. The van der Waals surface area contributed by atoms with Gasteiger partial charge in [0.15, 0.2) is 0 Å². The Kier molecular flexibility index (Phi) is 5.41. The predicted molar refractivity (Wildman–Crippen MR) is 103 cm³/mol. The monoisotopic (exact) mass is 352 g/mol. The molecule has 1 aliphatic heterocycles. The van der Waals surface area contributed by atoms with Crippen molar-refractivity contribution in [1.82, 2.24) is 10.2 Å². The van der Waals surface area contributed by atoms with Gasteiger partial charge < -0.3 is 21.3 Å². The molecule has 3 rings (SSSR count). The number of hydrogen-bond donors (Lipinski definition) is 3. The summed E-state index contributed by atoms with van der Waals surface area (Å²) in [6, 6.07) is 14.6. The fourth-order valence-electron chi connectivity index (χ4n) is 3.14. The van der Waals surface area contributed by atoms with Crippen LogP contribution in [0.3, 0.4) is 0 Å². The Hall–Kier alpha value is -3.02. The molecule has 0 unspecified atom stereocenters. The molecule has 2 aromatic rings. The van der Waals surface area contributed by atoms with E-state index in [9.17, 15) is 9.59 Å². The molecular weight excluding hydrogens is 328 g/mol. The normalized spacial score (nSPS) is 14.7. The maximum Gasteiger partial charge on any atom is 0.319 e. The SMILES string of the molecule is Cc1ccc(N)cc1C(=O)N1CCC(NC(=O)Nc2ccccc2)CC1. The highest BCUT2D eigenvalue weighted by molar-refractivity contribution is 5.96. The van der Waals surface area contributed by atoms with E-state index in [1.165, 1.54) is 0 Å². The molecule has 136 valence electrons. The molecule has 0 aromatic heterocycles. The molecule has 1 heterocycles. The molecule has 0 atom stereocenters. The number of carbonyl (C=O) groups excluding carboxylic acids is 2. The summed E-state index contributed by atoms with van der Waals surface area (Å²) in [6.07, 6.45) is 1.46. The number of rotatable bonds is 3. The summed E-state index contributed by atoms with van der Waals surface area (Å²) >= 11 is 0. The Balaban J connectivity index is 1.51. The molecule has 0 radical (unpaired) electrons. The van der Waals surface area contributed by atoms with Gasteiger partial charge in [-0.3, -0.25) is 4.79 Å². The fraction of sp³-hybridized carbons (Fsp3) is 0.300. The standard InChI is InChI=1S/C20H24N4O2/c1-14-7-8-15(21)13-18(14)19(25)24-11-9-17(10-12-24)23-20(26)22-16-5-3-2-4-6-16/h2-8,13,17H,9-12,21H2,1H3,(H2,22,23,26). The number of piperidine rings is 1. The Labute approximate surface area is 153 Å². The lowest BCUT2D eigenvalue weighted by atomic mass is 10.0. The number of benzene rings is 2. The van der Waals surface area contributed by atoms with Gasteiger partial charge in [0.2, 0.25) is 0 Å². The van der Waals surface area contributed by atoms with Crippen LogP contribution in [0.15, 0.2) is 48.5 Å². The van der Waals surface area contributed by atoms with Gasteiger partial charge in [0.25, 0.3) is 5.91 Å². The zero-order chi connectivity index (χ0) is 18.5. The zero-order valence-electron chi connectivity index (χ0n) is 14.9. The van der Waals surface area contributed by atoms with Crippen LogP contribution in [0.1, 0.15) is 28.8 Å². The second-order valence-corrected chi connectivity index (χ2v) is 6.61. The van der Waals surface area contributed by atoms with E-state index in [2.05, 4.69) is 10.6 Å². The van der Waals surface area contributed by atoms with E-state index in [1.54, 1.807) is 12.1 Å². The maximum atomic E-state index is 12.7. The van der Waals surface area contributed by atoms with E-state index in [-0.39, 0.29) is 18.0 Å². The number of aryl methyl sites for hydroxylation is 1. The van der Waals surface area contributed by atoms with Crippen LogP contribution >= 0.6 is 0 Å². The molecule has 0 aliphatic carbocycles. The summed E-state index contributed by atoms with van der Waals surface area (Å²) in [7, 11) is 0. The van der Waals surface area contributed by atoms with Crippen molar-refractivity contribution in [2.75, 3.05) is 24.1 Å². The summed E-state index contributed by atoms with van der Waals surface area (Å²) in [5.41, 5.74) is 8.73. The van der Waals surface area contributed by atoms with Crippen LogP contribution in [0, 0.1) is 6.92 Å². The number of carbonyl (C=O) groups is 2. The van der Waals surface area contributed by atoms with Crippen LogP contribution in [0.5, 0.6) is 0 Å². The Bertz CT molecular complexity index is 784. The van der Waals surface area contributed by atoms with E-state index < -0.39 is 0 Å². The molecule has 2 aromatic carbocycles. The Morgan fingerprint density at radius 2 is 1.77 bits per heavy atom. The highest BCUT2D eigenvalue weighted by Gasteiger charge is 2.25. The number of urea groups is 1. The van der Waals surface area contributed by atoms with Crippen LogP contribution in [-0.4, -0.2) is 36.0 Å². The number of nitrogen functional groups attached to an aromatic ring is 1. The van der Waals surface area contributed by atoms with Crippen LogP contribution < -0.4 is 16.4 Å². The summed E-state index contributed by atoms with van der Waals surface area (Å²) < 4.78 is 0. The quantitative estimate of drug-likeness (QED) is 0.742. The van der Waals surface area contributed by atoms with Crippen molar-refractivity contribution in [3.05, 3.63) is 59.7 Å². The fourth-order valence-corrected chi connectivity index (χ4v) is 3.14. The highest BCUT2D eigenvalue weighted by Crippen LogP contribution is 2.18. The van der Waals surface area contributed by atoms with Crippen molar-refractivity contribution >= 4 is 23.3 Å². The molecule has 26 heavy (non-hydrogen) atoms. The molecular formula is C20H24N4O2. The number of likely N-dealkylation sites (tertiary alicyclic amines) is 1. The zero-order valence-corrected chi connectivity index (χ0v) is 14.9. The van der Waals surface area contributed by atoms with Crippen molar-refractivity contribution in [1.29, 1.82) is 0 Å². The summed E-state index contributed by atoms with van der Waals surface area (Å²) in [5.74, 6) is 0.00184. The average Bonchev–Trinajstić information content (AvgIpc) is 2.64. The second kappa shape index (κ2) is 7.91. The van der Waals surface area contributed by atoms with E-state index in [4.69, 9.17) is 5.73 Å². The minimum absolute atomic E-state index is 0.00184. The van der Waals surface area contributed by atoms with Crippen molar-refractivity contribution in [2.45, 2.75) is 25.8 Å². The lowest BCUT2D eigenvalue weighted by molar-refractivity contribution is 0.0708. The third-order valence-corrected chi connectivity index (χ3v) is 4.64. The number of nitrogens with two attached hydrogens (primary N) is 1. The highest BCUT2D eigenvalue weighted by atomic mass is 16.2. The van der Waals surface area contributed by atoms with Crippen molar-refractivity contribution in [3.63, 3.8) is 0 Å². The average molecular weight is 352 g/mol. The summed E-state index contributed by atoms with van der Waals surface area (Å²) in [5, 5.41) is 5.80. The van der Waals surface area contributed by atoms with Gasteiger partial charge >= 0.3 is 6.03 Å². The van der Waals surface area contributed by atoms with Crippen molar-refractivity contribution in [3.8, 4) is 0 Å². The van der Waals surface area contributed by atoms with Gasteiger partial charge in [-0.05, 0) is 49.6 Å². The number of nitrogens with one attached hydrogen (secondary N) is 2. The number of nitrogens with zero attached hydrogens (tertiary/aromatic N) is 1. The third kappa shape index (κ3) is 4.33. The minimum Gasteiger partial charge on any atom is -0.399 e. The lowest BCUT2D eigenvalue weighted by Crippen LogP contribution is -2.47. The largest absolute Gasteiger partial charge is 0.399 e. The molecule has 0 spiro atoms. The van der Waals surface area contributed by atoms with Crippen LogP contribution in [0.25, 0.3) is 0 Å². The molecule has 6 heteroatoms. The predicted octanol–water partition coefficient (Wildman–Crippen LogP) is 3.00. The first kappa shape index (κ1) is 17.8. The van der Waals surface area contributed by atoms with Gasteiger partial charge in [0.1, 0.15) is 0 Å². The lowest BCUT2D eigenvalue weighted by Gasteiger charge is -2.32. The first-order chi connectivity index (χ1) is 12.5. The molecule has 0 bridgehead atoms. The molecule has 1 saturated heterocycles. The number of hydrogen-bond acceptors (Lipinski definition) is 3. The van der Waals surface area contributed by atoms with E-state index in [0.717, 1.165) is 24.1 Å². The topological polar surface area (TPSA) is 87.5 Å². The van der Waals surface area contributed by atoms with Gasteiger partial charge in [-0.1, -0.05) is 24.3 Å². The molecule has 6 nitrogen and oxygen atoms in total. The molecule has 1 fully saturated rings. The van der Waals surface area contributed by atoms with Gasteiger partial charge in [0.05, 0.1) is 0 Å². The van der Waals surface area contributed by atoms with Gasteiger partial charge in [-0.2, -0.15) is 0 Å². The van der Waals surface area contributed by atoms with Crippen LogP contribution in [0.2, 0.25) is 0 Å². The molecule has 3 amide bonds. The van der Waals surface area contributed by atoms with Gasteiger partial charge in [-0.25, -0.2) is 4.79 Å². The van der Waals surface area contributed by atoms with E-state index >= 15 is 0 Å². The Morgan fingerprint density at radius 1 is 1.08 bits per heavy atom. The van der Waals surface area contributed by atoms with Crippen molar-refractivity contribution < 1.29 is 9.59 Å². The third-order valence-electron chi connectivity index (χ3n) is 4.64. The van der Waals surface area contributed by atoms with Crippen molar-refractivity contribution in [2.24, 2.45) is 0 Å². The van der Waals surface area contributed by atoms with E-state index in [0.29, 0.717) is 24.3 Å². The number of para-hydroxylation sites is 1. The summed E-state index contributed by atoms with van der Waals surface area (Å²) in [4.78, 5) is 26.6. The first-order valence-corrected chi connectivity index (χ1v) is 8.81. The number of anilines is 2. The molecule has 0 saturated carbocycles. The maximum absolute atomic E-state index is 12.7. The summed E-state index contributed by atoms with van der Waals surface area (Å²) in [6.45, 7) is 3.14. The molecule has 4 N–H and O–H groups in total. The van der Waals surface area contributed by atoms with Crippen LogP contribution in [0.4, 0.5) is 16.2 Å². The molecule has 1 aliphatic rings. The Morgan fingerprint density at radius 3 is 2.46 bits per heavy atom. The van der Waals surface area contributed by atoms with Crippen LogP contribution in [-0.2, 0) is 0 Å². The first-order valence-electron chi connectivity index (χ1n) is 8.81. The number of amides is 3. The second-order valence-electron chi connectivity index (χ2n) is 6.61.